The Kier molecular flexibility index (Phi) is 5.81. The summed E-state index contributed by atoms with van der Waals surface area (Å²) < 4.78 is 0. The van der Waals surface area contributed by atoms with Gasteiger partial charge in [0.15, 0.2) is 5.16 Å². The molecule has 2 heterocycles. The van der Waals surface area contributed by atoms with Crippen LogP contribution < -0.4 is 10.2 Å². The zero-order chi connectivity index (χ0) is 14.4. The highest BCUT2D eigenvalue weighted by Gasteiger charge is 2.16. The molecule has 1 aromatic rings. The number of piperidine rings is 1. The Morgan fingerprint density at radius 1 is 1.25 bits per heavy atom. The summed E-state index contributed by atoms with van der Waals surface area (Å²) in [5, 5.41) is 21.7. The average molecular weight is 299 g/mol. The first-order valence-corrected chi connectivity index (χ1v) is 7.82. The van der Waals surface area contributed by atoms with Crippen molar-refractivity contribution in [3.05, 3.63) is 0 Å². The topological polar surface area (TPSA) is 94.4 Å². The van der Waals surface area contributed by atoms with Gasteiger partial charge in [0, 0.05) is 25.9 Å². The molecular weight excluding hydrogens is 278 g/mol. The highest BCUT2D eigenvalue weighted by atomic mass is 32.2. The van der Waals surface area contributed by atoms with Gasteiger partial charge in [-0.2, -0.15) is 15.0 Å². The van der Waals surface area contributed by atoms with Crippen LogP contribution in [0.5, 0.6) is 0 Å². The summed E-state index contributed by atoms with van der Waals surface area (Å²) in [4.78, 5) is 15.3. The highest BCUT2D eigenvalue weighted by molar-refractivity contribution is 7.99. The van der Waals surface area contributed by atoms with Crippen LogP contribution in [0.3, 0.4) is 0 Å². The van der Waals surface area contributed by atoms with Gasteiger partial charge in [0.1, 0.15) is 0 Å². The molecule has 1 unspecified atom stereocenters. The van der Waals surface area contributed by atoms with Gasteiger partial charge in [-0.1, -0.05) is 11.8 Å². The Morgan fingerprint density at radius 2 is 2.00 bits per heavy atom. The number of nitrogens with one attached hydrogen (secondary N) is 1. The molecular formula is C12H21N5O2S. The fourth-order valence-electron chi connectivity index (χ4n) is 1.98. The molecule has 3 N–H and O–H groups in total. The zero-order valence-corrected chi connectivity index (χ0v) is 12.4. The second-order valence-electron chi connectivity index (χ2n) is 4.69. The third-order valence-corrected chi connectivity index (χ3v) is 4.07. The van der Waals surface area contributed by atoms with Crippen molar-refractivity contribution in [1.29, 1.82) is 0 Å². The smallest absolute Gasteiger partial charge is 0.231 e. The van der Waals surface area contributed by atoms with E-state index >= 15 is 0 Å². The summed E-state index contributed by atoms with van der Waals surface area (Å²) in [6.07, 6.45) is 2.82. The summed E-state index contributed by atoms with van der Waals surface area (Å²) in [5.41, 5.74) is 0. The zero-order valence-electron chi connectivity index (χ0n) is 11.6. The highest BCUT2D eigenvalue weighted by Crippen LogP contribution is 2.21. The maximum atomic E-state index is 9.40. The number of thioether (sulfide) groups is 1. The summed E-state index contributed by atoms with van der Waals surface area (Å²) in [6.45, 7) is 1.68. The van der Waals surface area contributed by atoms with Crippen LogP contribution in [0.1, 0.15) is 19.3 Å². The lowest BCUT2D eigenvalue weighted by molar-refractivity contribution is 0.113. The lowest BCUT2D eigenvalue weighted by Crippen LogP contribution is -2.31. The van der Waals surface area contributed by atoms with Gasteiger partial charge >= 0.3 is 0 Å². The minimum absolute atomic E-state index is 0.254. The normalized spacial score (nSPS) is 17.1. The molecule has 0 saturated carbocycles. The quantitative estimate of drug-likeness (QED) is 0.648. The monoisotopic (exact) mass is 299 g/mol. The Bertz CT molecular complexity index is 428. The number of hydrogen-bond acceptors (Lipinski definition) is 8. The van der Waals surface area contributed by atoms with Crippen molar-refractivity contribution in [3.63, 3.8) is 0 Å². The number of nitrogens with zero attached hydrogens (tertiary/aromatic N) is 4. The van der Waals surface area contributed by atoms with Gasteiger partial charge in [-0.3, -0.25) is 0 Å². The SMILES string of the molecule is CNc1nc(SCC(O)CO)nc(N2CCCCC2)n1. The molecule has 1 fully saturated rings. The fourth-order valence-corrected chi connectivity index (χ4v) is 2.73. The molecule has 1 saturated heterocycles. The van der Waals surface area contributed by atoms with Gasteiger partial charge in [-0.15, -0.1) is 0 Å². The number of aromatic nitrogens is 3. The minimum atomic E-state index is -0.756. The Labute approximate surface area is 122 Å². The standard InChI is InChI=1S/C12H21N5O2S/c1-13-10-14-11(17-5-3-2-4-6-17)16-12(15-10)20-8-9(19)7-18/h9,18-19H,2-8H2,1H3,(H,13,14,15,16). The molecule has 0 aliphatic carbocycles. The Morgan fingerprint density at radius 3 is 2.65 bits per heavy atom. The molecule has 0 aromatic carbocycles. The van der Waals surface area contributed by atoms with Gasteiger partial charge < -0.3 is 20.4 Å². The number of anilines is 2. The van der Waals surface area contributed by atoms with Crippen molar-refractivity contribution >= 4 is 23.7 Å². The predicted octanol–water partition coefficient (Wildman–Crippen LogP) is 0.349. The van der Waals surface area contributed by atoms with Crippen molar-refractivity contribution in [2.75, 3.05) is 42.7 Å². The number of aliphatic hydroxyl groups is 2. The van der Waals surface area contributed by atoms with Gasteiger partial charge in [0.05, 0.1) is 12.7 Å². The van der Waals surface area contributed by atoms with Crippen molar-refractivity contribution in [2.45, 2.75) is 30.5 Å². The molecule has 0 amide bonds. The van der Waals surface area contributed by atoms with Crippen LogP contribution in [0.25, 0.3) is 0 Å². The fraction of sp³-hybridized carbons (Fsp3) is 0.750. The van der Waals surface area contributed by atoms with Crippen LogP contribution in [-0.4, -0.2) is 63.8 Å². The maximum absolute atomic E-state index is 9.40. The average Bonchev–Trinajstić information content (AvgIpc) is 2.53. The largest absolute Gasteiger partial charge is 0.394 e. The first-order chi connectivity index (χ1) is 9.72. The lowest BCUT2D eigenvalue weighted by atomic mass is 10.1. The number of hydrogen-bond donors (Lipinski definition) is 3. The maximum Gasteiger partial charge on any atom is 0.231 e. The van der Waals surface area contributed by atoms with E-state index in [4.69, 9.17) is 5.11 Å². The van der Waals surface area contributed by atoms with E-state index in [9.17, 15) is 5.11 Å². The summed E-state index contributed by atoms with van der Waals surface area (Å²) in [7, 11) is 1.77. The second kappa shape index (κ2) is 7.61. The Hall–Kier alpha value is -1.12. The first-order valence-electron chi connectivity index (χ1n) is 6.83. The Balaban J connectivity index is 2.10. The van der Waals surface area contributed by atoms with Gasteiger partial charge in [0.25, 0.3) is 0 Å². The van der Waals surface area contributed by atoms with Crippen molar-refractivity contribution in [3.8, 4) is 0 Å². The van der Waals surface area contributed by atoms with Crippen LogP contribution in [0.2, 0.25) is 0 Å². The molecule has 1 aliphatic rings. The summed E-state index contributed by atoms with van der Waals surface area (Å²) in [5.74, 6) is 1.58. The van der Waals surface area contributed by atoms with Gasteiger partial charge in [0.2, 0.25) is 11.9 Å². The van der Waals surface area contributed by atoms with E-state index in [-0.39, 0.29) is 6.61 Å². The lowest BCUT2D eigenvalue weighted by Gasteiger charge is -2.26. The van der Waals surface area contributed by atoms with Crippen LogP contribution >= 0.6 is 11.8 Å². The molecule has 7 nitrogen and oxygen atoms in total. The molecule has 0 radical (unpaired) electrons. The molecule has 2 rings (SSSR count). The van der Waals surface area contributed by atoms with E-state index in [2.05, 4.69) is 25.2 Å². The van der Waals surface area contributed by atoms with Crippen LogP contribution in [0, 0.1) is 0 Å². The van der Waals surface area contributed by atoms with Crippen LogP contribution in [0.4, 0.5) is 11.9 Å². The van der Waals surface area contributed by atoms with Crippen LogP contribution in [-0.2, 0) is 0 Å². The van der Waals surface area contributed by atoms with E-state index in [0.717, 1.165) is 25.9 Å². The molecule has 1 aliphatic heterocycles. The summed E-state index contributed by atoms with van der Waals surface area (Å²) in [6, 6.07) is 0. The molecule has 1 aromatic heterocycles. The molecule has 20 heavy (non-hydrogen) atoms. The third-order valence-electron chi connectivity index (χ3n) is 3.08. The number of aliphatic hydroxyl groups excluding tert-OH is 2. The minimum Gasteiger partial charge on any atom is -0.394 e. The van der Waals surface area contributed by atoms with Gasteiger partial charge in [-0.05, 0) is 19.3 Å². The third kappa shape index (κ3) is 4.19. The molecule has 0 spiro atoms. The van der Waals surface area contributed by atoms with Crippen molar-refractivity contribution < 1.29 is 10.2 Å². The van der Waals surface area contributed by atoms with Crippen LogP contribution in [0.15, 0.2) is 5.16 Å². The van der Waals surface area contributed by atoms with Crippen molar-refractivity contribution in [2.24, 2.45) is 0 Å². The molecule has 8 heteroatoms. The number of rotatable bonds is 6. The second-order valence-corrected chi connectivity index (χ2v) is 5.67. The van der Waals surface area contributed by atoms with Crippen molar-refractivity contribution in [1.82, 2.24) is 15.0 Å². The van der Waals surface area contributed by atoms with Gasteiger partial charge in [-0.25, -0.2) is 0 Å². The van der Waals surface area contributed by atoms with E-state index in [1.165, 1.54) is 18.2 Å². The van der Waals surface area contributed by atoms with E-state index in [1.807, 2.05) is 0 Å². The summed E-state index contributed by atoms with van der Waals surface area (Å²) >= 11 is 1.32. The molecule has 1 atom stereocenters. The van der Waals surface area contributed by atoms with E-state index < -0.39 is 6.10 Å². The first kappa shape index (κ1) is 15.3. The van der Waals surface area contributed by atoms with E-state index in [1.54, 1.807) is 7.05 Å². The predicted molar refractivity (Wildman–Crippen MR) is 79.3 cm³/mol. The van der Waals surface area contributed by atoms with E-state index in [0.29, 0.717) is 22.8 Å². The molecule has 0 bridgehead atoms. The molecule has 112 valence electrons.